The number of hydrogen-bond acceptors (Lipinski definition) is 4. The maximum Gasteiger partial charge on any atom is 0.338 e. The Hall–Kier alpha value is -1.91. The summed E-state index contributed by atoms with van der Waals surface area (Å²) in [5.74, 6) is -0.0438. The second kappa shape index (κ2) is 4.54. The first-order valence-electron chi connectivity index (χ1n) is 4.41. The normalized spacial score (nSPS) is 11.3. The van der Waals surface area contributed by atoms with Gasteiger partial charge in [0.05, 0.1) is 18.2 Å². The van der Waals surface area contributed by atoms with E-state index in [0.29, 0.717) is 5.82 Å². The van der Waals surface area contributed by atoms with Gasteiger partial charge in [-0.05, 0) is 13.8 Å². The second-order valence-electron chi connectivity index (χ2n) is 2.91. The lowest BCUT2D eigenvalue weighted by molar-refractivity contribution is -0.133. The fraction of sp³-hybridized carbons (Fsp3) is 0.300. The van der Waals surface area contributed by atoms with Crippen molar-refractivity contribution in [2.75, 3.05) is 7.11 Å². The molecule has 1 aromatic rings. The number of hydrogen-bond donors (Lipinski definition) is 1. The van der Waals surface area contributed by atoms with Crippen LogP contribution in [0.2, 0.25) is 0 Å². The van der Waals surface area contributed by atoms with Crippen LogP contribution in [0.15, 0.2) is 17.1 Å². The Morgan fingerprint density at radius 3 is 2.73 bits per heavy atom. The summed E-state index contributed by atoms with van der Waals surface area (Å²) in [7, 11) is 1.27. The summed E-state index contributed by atoms with van der Waals surface area (Å²) in [6.45, 7) is 3.32. The van der Waals surface area contributed by atoms with Crippen molar-refractivity contribution in [3.8, 4) is 0 Å². The number of aromatic amines is 1. The number of carbonyl (C=O) groups excluding carboxylic acids is 1. The quantitative estimate of drug-likeness (QED) is 0.572. The van der Waals surface area contributed by atoms with Crippen molar-refractivity contribution in [2.24, 2.45) is 0 Å². The van der Waals surface area contributed by atoms with E-state index in [1.165, 1.54) is 19.4 Å². The molecule has 0 amide bonds. The molecule has 0 bridgehead atoms. The predicted molar refractivity (Wildman–Crippen MR) is 55.3 cm³/mol. The Labute approximate surface area is 86.8 Å². The number of rotatable bonds is 2. The molecule has 0 saturated carbocycles. The van der Waals surface area contributed by atoms with Gasteiger partial charge in [0.2, 0.25) is 0 Å². The summed E-state index contributed by atoms with van der Waals surface area (Å²) < 4.78 is 4.56. The molecule has 0 radical (unpaired) electrons. The van der Waals surface area contributed by atoms with Crippen molar-refractivity contribution in [3.05, 3.63) is 34.0 Å². The van der Waals surface area contributed by atoms with Gasteiger partial charge in [-0.3, -0.25) is 4.79 Å². The van der Waals surface area contributed by atoms with Crippen LogP contribution in [0.5, 0.6) is 0 Å². The van der Waals surface area contributed by atoms with E-state index < -0.39 is 5.97 Å². The molecule has 0 aliphatic carbocycles. The summed E-state index contributed by atoms with van der Waals surface area (Å²) in [6.07, 6.45) is 2.88. The van der Waals surface area contributed by atoms with Gasteiger partial charge in [-0.2, -0.15) is 0 Å². The molecule has 0 fully saturated rings. The van der Waals surface area contributed by atoms with Crippen LogP contribution >= 0.6 is 0 Å². The lowest BCUT2D eigenvalue weighted by Gasteiger charge is -2.03. The Morgan fingerprint density at radius 1 is 1.60 bits per heavy atom. The number of H-pyrrole nitrogens is 1. The standard InChI is InChI=1S/C10H12N2O3/c1-4-7(10(14)15-3)8-5-11-6(2)12-9(8)13/h4-5H,1-3H3,(H,11,12,13)/b7-4+. The lowest BCUT2D eigenvalue weighted by Crippen LogP contribution is -2.18. The van der Waals surface area contributed by atoms with E-state index in [9.17, 15) is 9.59 Å². The summed E-state index contributed by atoms with van der Waals surface area (Å²) >= 11 is 0. The Balaban J connectivity index is 3.26. The minimum Gasteiger partial charge on any atom is -0.465 e. The van der Waals surface area contributed by atoms with Gasteiger partial charge in [0, 0.05) is 6.20 Å². The first kappa shape index (κ1) is 11.2. The van der Waals surface area contributed by atoms with Crippen LogP contribution in [0.4, 0.5) is 0 Å². The fourth-order valence-corrected chi connectivity index (χ4v) is 1.17. The highest BCUT2D eigenvalue weighted by Gasteiger charge is 2.14. The zero-order valence-corrected chi connectivity index (χ0v) is 8.83. The van der Waals surface area contributed by atoms with Crippen LogP contribution in [0, 0.1) is 6.92 Å². The Morgan fingerprint density at radius 2 is 2.27 bits per heavy atom. The van der Waals surface area contributed by atoms with Gasteiger partial charge in [-0.1, -0.05) is 6.08 Å². The first-order valence-corrected chi connectivity index (χ1v) is 4.41. The number of methoxy groups -OCH3 is 1. The van der Waals surface area contributed by atoms with Crippen molar-refractivity contribution >= 4 is 11.5 Å². The largest absolute Gasteiger partial charge is 0.465 e. The molecule has 0 aliphatic rings. The molecule has 80 valence electrons. The fourth-order valence-electron chi connectivity index (χ4n) is 1.17. The molecule has 1 aromatic heterocycles. The summed E-state index contributed by atoms with van der Waals surface area (Å²) in [4.78, 5) is 29.3. The topological polar surface area (TPSA) is 72.0 Å². The van der Waals surface area contributed by atoms with Crippen molar-refractivity contribution in [3.63, 3.8) is 0 Å². The number of allylic oxidation sites excluding steroid dienone is 1. The molecular formula is C10H12N2O3. The molecule has 5 nitrogen and oxygen atoms in total. The molecule has 0 saturated heterocycles. The van der Waals surface area contributed by atoms with Crippen LogP contribution in [-0.2, 0) is 9.53 Å². The summed E-state index contributed by atoms with van der Waals surface area (Å²) in [6, 6.07) is 0. The first-order chi connectivity index (χ1) is 7.10. The van der Waals surface area contributed by atoms with Crippen molar-refractivity contribution in [1.82, 2.24) is 9.97 Å². The molecule has 15 heavy (non-hydrogen) atoms. The van der Waals surface area contributed by atoms with Crippen LogP contribution in [-0.4, -0.2) is 23.0 Å². The molecule has 0 aliphatic heterocycles. The van der Waals surface area contributed by atoms with Gasteiger partial charge in [0.15, 0.2) is 0 Å². The maximum atomic E-state index is 11.5. The highest BCUT2D eigenvalue weighted by Crippen LogP contribution is 2.10. The number of ether oxygens (including phenoxy) is 1. The van der Waals surface area contributed by atoms with Crippen molar-refractivity contribution < 1.29 is 9.53 Å². The molecular weight excluding hydrogens is 196 g/mol. The SMILES string of the molecule is C/C=C(/C(=O)OC)c1cnc(C)[nH]c1=O. The average molecular weight is 208 g/mol. The van der Waals surface area contributed by atoms with E-state index >= 15 is 0 Å². The molecule has 0 unspecified atom stereocenters. The van der Waals surface area contributed by atoms with Gasteiger partial charge >= 0.3 is 5.97 Å². The van der Waals surface area contributed by atoms with E-state index in [2.05, 4.69) is 14.7 Å². The molecule has 1 N–H and O–H groups in total. The van der Waals surface area contributed by atoms with Gasteiger partial charge in [0.25, 0.3) is 5.56 Å². The number of aryl methyl sites for hydroxylation is 1. The van der Waals surface area contributed by atoms with E-state index in [1.807, 2.05) is 0 Å². The minimum absolute atomic E-state index is 0.214. The van der Waals surface area contributed by atoms with Gasteiger partial charge in [-0.15, -0.1) is 0 Å². The Kier molecular flexibility index (Phi) is 3.38. The van der Waals surface area contributed by atoms with Gasteiger partial charge in [-0.25, -0.2) is 9.78 Å². The highest BCUT2D eigenvalue weighted by atomic mass is 16.5. The third-order valence-corrected chi connectivity index (χ3v) is 1.91. The lowest BCUT2D eigenvalue weighted by atomic mass is 10.1. The number of aromatic nitrogens is 2. The van der Waals surface area contributed by atoms with Crippen molar-refractivity contribution in [1.29, 1.82) is 0 Å². The predicted octanol–water partition coefficient (Wildman–Crippen LogP) is 0.655. The molecule has 1 heterocycles. The van der Waals surface area contributed by atoms with Crippen LogP contribution in [0.25, 0.3) is 5.57 Å². The highest BCUT2D eigenvalue weighted by molar-refractivity contribution is 6.16. The third-order valence-electron chi connectivity index (χ3n) is 1.91. The monoisotopic (exact) mass is 208 g/mol. The zero-order valence-electron chi connectivity index (χ0n) is 8.83. The number of esters is 1. The van der Waals surface area contributed by atoms with E-state index in [-0.39, 0.29) is 16.7 Å². The Bertz CT molecular complexity index is 460. The van der Waals surface area contributed by atoms with Gasteiger partial charge in [0.1, 0.15) is 5.82 Å². The van der Waals surface area contributed by atoms with Crippen LogP contribution < -0.4 is 5.56 Å². The minimum atomic E-state index is -0.548. The molecule has 0 aromatic carbocycles. The zero-order chi connectivity index (χ0) is 11.4. The van der Waals surface area contributed by atoms with Crippen LogP contribution in [0.3, 0.4) is 0 Å². The average Bonchev–Trinajstić information content (AvgIpc) is 2.21. The molecule has 0 spiro atoms. The van der Waals surface area contributed by atoms with Crippen molar-refractivity contribution in [2.45, 2.75) is 13.8 Å². The number of nitrogens with zero attached hydrogens (tertiary/aromatic N) is 1. The molecule has 1 rings (SSSR count). The van der Waals surface area contributed by atoms with Crippen LogP contribution in [0.1, 0.15) is 18.3 Å². The molecule has 0 atom stereocenters. The smallest absolute Gasteiger partial charge is 0.338 e. The molecule has 5 heteroatoms. The van der Waals surface area contributed by atoms with E-state index in [0.717, 1.165) is 0 Å². The van der Waals surface area contributed by atoms with Gasteiger partial charge < -0.3 is 9.72 Å². The summed E-state index contributed by atoms with van der Waals surface area (Å²) in [5.41, 5.74) is 0.0854. The van der Waals surface area contributed by atoms with E-state index in [1.54, 1.807) is 13.8 Å². The number of nitrogens with one attached hydrogen (secondary N) is 1. The third kappa shape index (κ3) is 2.31. The van der Waals surface area contributed by atoms with E-state index in [4.69, 9.17) is 0 Å². The number of carbonyl (C=O) groups is 1. The second-order valence-corrected chi connectivity index (χ2v) is 2.91. The summed E-state index contributed by atoms with van der Waals surface area (Å²) in [5, 5.41) is 0. The maximum absolute atomic E-state index is 11.5.